The van der Waals surface area contributed by atoms with Crippen LogP contribution in [0.15, 0.2) is 41.3 Å². The molecule has 2 N–H and O–H groups in total. The summed E-state index contributed by atoms with van der Waals surface area (Å²) in [6.07, 6.45) is 0. The van der Waals surface area contributed by atoms with Crippen molar-refractivity contribution in [2.75, 3.05) is 4.72 Å². The molecule has 2 aromatic rings. The summed E-state index contributed by atoms with van der Waals surface area (Å²) in [6.45, 7) is 0. The average Bonchev–Trinajstić information content (AvgIpc) is 2.36. The smallest absolute Gasteiger partial charge is 0.338 e. The zero-order valence-corrected chi connectivity index (χ0v) is 13.0. The Morgan fingerprint density at radius 1 is 1.09 bits per heavy atom. The van der Waals surface area contributed by atoms with Gasteiger partial charge in [-0.3, -0.25) is 4.72 Å². The van der Waals surface area contributed by atoms with Crippen LogP contribution in [0.4, 0.5) is 10.1 Å². The molecule has 0 radical (unpaired) electrons. The van der Waals surface area contributed by atoms with Crippen LogP contribution in [0.25, 0.3) is 0 Å². The number of hydrogen-bond donors (Lipinski definition) is 2. The number of halogens is 3. The maximum absolute atomic E-state index is 13.3. The van der Waals surface area contributed by atoms with Crippen LogP contribution in [0.2, 0.25) is 10.0 Å². The van der Waals surface area contributed by atoms with Gasteiger partial charge in [-0.05, 0) is 36.4 Å². The third kappa shape index (κ3) is 3.68. The highest BCUT2D eigenvalue weighted by Crippen LogP contribution is 2.25. The fraction of sp³-hybridized carbons (Fsp3) is 0. The Kier molecular flexibility index (Phi) is 4.60. The lowest BCUT2D eigenvalue weighted by Crippen LogP contribution is -2.14. The molecule has 2 aromatic carbocycles. The first kappa shape index (κ1) is 16.5. The summed E-state index contributed by atoms with van der Waals surface area (Å²) in [6, 6.07) is 6.52. The molecule has 0 aliphatic rings. The van der Waals surface area contributed by atoms with Gasteiger partial charge in [0, 0.05) is 10.0 Å². The van der Waals surface area contributed by atoms with Gasteiger partial charge in [0.25, 0.3) is 10.0 Å². The van der Waals surface area contributed by atoms with E-state index >= 15 is 0 Å². The first-order chi connectivity index (χ1) is 10.2. The summed E-state index contributed by atoms with van der Waals surface area (Å²) in [5.74, 6) is -2.60. The molecule has 0 atom stereocenters. The molecule has 22 heavy (non-hydrogen) atoms. The molecule has 0 aliphatic heterocycles. The van der Waals surface area contributed by atoms with E-state index in [1.165, 1.54) is 18.2 Å². The monoisotopic (exact) mass is 363 g/mol. The van der Waals surface area contributed by atoms with Gasteiger partial charge in [-0.2, -0.15) is 0 Å². The van der Waals surface area contributed by atoms with E-state index in [-0.39, 0.29) is 15.7 Å². The normalized spacial score (nSPS) is 11.2. The first-order valence-electron chi connectivity index (χ1n) is 5.71. The number of hydrogen-bond acceptors (Lipinski definition) is 3. The Bertz CT molecular complexity index is 835. The standard InChI is InChI=1S/C13H8Cl2FNO4S/c14-7-3-8(15)5-9(4-7)17-22(20,21)10-1-2-12(16)11(6-10)13(18)19/h1-6,17H,(H,18,19). The van der Waals surface area contributed by atoms with Gasteiger partial charge < -0.3 is 5.11 Å². The Morgan fingerprint density at radius 2 is 1.68 bits per heavy atom. The number of nitrogens with one attached hydrogen (secondary N) is 1. The van der Waals surface area contributed by atoms with E-state index < -0.39 is 32.3 Å². The summed E-state index contributed by atoms with van der Waals surface area (Å²) in [5.41, 5.74) is -0.647. The second kappa shape index (κ2) is 6.12. The van der Waals surface area contributed by atoms with Crippen LogP contribution in [0.3, 0.4) is 0 Å². The Balaban J connectivity index is 2.42. The van der Waals surface area contributed by atoms with E-state index in [9.17, 15) is 17.6 Å². The molecule has 0 amide bonds. The zero-order valence-electron chi connectivity index (χ0n) is 10.7. The van der Waals surface area contributed by atoms with Gasteiger partial charge in [0.1, 0.15) is 5.82 Å². The molecule has 0 unspecified atom stereocenters. The maximum Gasteiger partial charge on any atom is 0.338 e. The van der Waals surface area contributed by atoms with Crippen molar-refractivity contribution < 1.29 is 22.7 Å². The molecule has 0 spiro atoms. The van der Waals surface area contributed by atoms with Crippen molar-refractivity contribution in [2.45, 2.75) is 4.90 Å². The topological polar surface area (TPSA) is 83.5 Å². The largest absolute Gasteiger partial charge is 0.478 e. The quantitative estimate of drug-likeness (QED) is 0.868. The fourth-order valence-electron chi connectivity index (χ4n) is 1.66. The molecule has 5 nitrogen and oxygen atoms in total. The van der Waals surface area contributed by atoms with Crippen molar-refractivity contribution in [1.82, 2.24) is 0 Å². The number of carboxylic acids is 1. The minimum atomic E-state index is -4.12. The Morgan fingerprint density at radius 3 is 2.23 bits per heavy atom. The predicted molar refractivity (Wildman–Crippen MR) is 80.6 cm³/mol. The number of carbonyl (C=O) groups is 1. The summed E-state index contributed by atoms with van der Waals surface area (Å²) in [7, 11) is -4.12. The van der Waals surface area contributed by atoms with E-state index in [1.807, 2.05) is 0 Å². The van der Waals surface area contributed by atoms with Crippen molar-refractivity contribution >= 4 is 44.9 Å². The number of benzene rings is 2. The van der Waals surface area contributed by atoms with Crippen molar-refractivity contribution in [3.05, 3.63) is 57.8 Å². The molecule has 0 aliphatic carbocycles. The van der Waals surface area contributed by atoms with Gasteiger partial charge in [0.15, 0.2) is 0 Å². The Labute approximate surface area is 135 Å². The molecule has 0 bridgehead atoms. The molecule has 0 saturated heterocycles. The highest BCUT2D eigenvalue weighted by Gasteiger charge is 2.19. The summed E-state index contributed by atoms with van der Waals surface area (Å²) >= 11 is 11.5. The van der Waals surface area contributed by atoms with Crippen molar-refractivity contribution in [2.24, 2.45) is 0 Å². The maximum atomic E-state index is 13.3. The lowest BCUT2D eigenvalue weighted by atomic mass is 10.2. The van der Waals surface area contributed by atoms with E-state index in [0.717, 1.165) is 18.2 Å². The van der Waals surface area contributed by atoms with E-state index in [1.54, 1.807) is 0 Å². The molecule has 116 valence electrons. The van der Waals surface area contributed by atoms with Crippen LogP contribution in [0.5, 0.6) is 0 Å². The third-order valence-corrected chi connectivity index (χ3v) is 4.41. The lowest BCUT2D eigenvalue weighted by Gasteiger charge is -2.10. The van der Waals surface area contributed by atoms with Crippen molar-refractivity contribution in [3.63, 3.8) is 0 Å². The zero-order chi connectivity index (χ0) is 16.5. The SMILES string of the molecule is O=C(O)c1cc(S(=O)(=O)Nc2cc(Cl)cc(Cl)c2)ccc1F. The minimum absolute atomic E-state index is 0.0960. The van der Waals surface area contributed by atoms with Crippen LogP contribution >= 0.6 is 23.2 Å². The number of carboxylic acid groups (broad SMARTS) is 1. The van der Waals surface area contributed by atoms with Gasteiger partial charge in [0.05, 0.1) is 16.1 Å². The summed E-state index contributed by atoms with van der Waals surface area (Å²) < 4.78 is 39.9. The first-order valence-corrected chi connectivity index (χ1v) is 7.95. The molecule has 2 rings (SSSR count). The molecular weight excluding hydrogens is 356 g/mol. The average molecular weight is 364 g/mol. The van der Waals surface area contributed by atoms with Crippen LogP contribution in [0, 0.1) is 5.82 Å². The number of aromatic carboxylic acids is 1. The fourth-order valence-corrected chi connectivity index (χ4v) is 3.25. The molecule has 0 aromatic heterocycles. The van der Waals surface area contributed by atoms with Gasteiger partial charge in [-0.1, -0.05) is 23.2 Å². The summed E-state index contributed by atoms with van der Waals surface area (Å²) in [4.78, 5) is 10.5. The third-order valence-electron chi connectivity index (χ3n) is 2.59. The Hall–Kier alpha value is -1.83. The number of rotatable bonds is 4. The van der Waals surface area contributed by atoms with E-state index in [4.69, 9.17) is 28.3 Å². The molecule has 0 fully saturated rings. The van der Waals surface area contributed by atoms with Crippen LogP contribution in [-0.2, 0) is 10.0 Å². The van der Waals surface area contributed by atoms with Gasteiger partial charge >= 0.3 is 5.97 Å². The second-order valence-corrected chi connectivity index (χ2v) is 6.77. The van der Waals surface area contributed by atoms with Crippen molar-refractivity contribution in [1.29, 1.82) is 0 Å². The molecular formula is C13H8Cl2FNO4S. The van der Waals surface area contributed by atoms with Crippen LogP contribution in [-0.4, -0.2) is 19.5 Å². The number of sulfonamides is 1. The van der Waals surface area contributed by atoms with Crippen LogP contribution in [0.1, 0.15) is 10.4 Å². The van der Waals surface area contributed by atoms with Gasteiger partial charge in [-0.25, -0.2) is 17.6 Å². The minimum Gasteiger partial charge on any atom is -0.478 e. The van der Waals surface area contributed by atoms with Crippen LogP contribution < -0.4 is 4.72 Å². The predicted octanol–water partition coefficient (Wildman–Crippen LogP) is 3.63. The van der Waals surface area contributed by atoms with E-state index in [0.29, 0.717) is 0 Å². The highest BCUT2D eigenvalue weighted by molar-refractivity contribution is 7.92. The second-order valence-electron chi connectivity index (χ2n) is 4.21. The summed E-state index contributed by atoms with van der Waals surface area (Å²) in [5, 5.41) is 9.26. The molecule has 0 heterocycles. The van der Waals surface area contributed by atoms with Gasteiger partial charge in [0.2, 0.25) is 0 Å². The van der Waals surface area contributed by atoms with E-state index in [2.05, 4.69) is 4.72 Å². The van der Waals surface area contributed by atoms with Crippen molar-refractivity contribution in [3.8, 4) is 0 Å². The molecule has 9 heteroatoms. The number of anilines is 1. The molecule has 0 saturated carbocycles. The lowest BCUT2D eigenvalue weighted by molar-refractivity contribution is 0.0691. The highest BCUT2D eigenvalue weighted by atomic mass is 35.5. The van der Waals surface area contributed by atoms with Gasteiger partial charge in [-0.15, -0.1) is 0 Å².